The molecular weight excluding hydrogens is 344 g/mol. The third-order valence-corrected chi connectivity index (χ3v) is 2.21. The van der Waals surface area contributed by atoms with Gasteiger partial charge in [-0.15, -0.1) is 0 Å². The molecule has 21 heavy (non-hydrogen) atoms. The highest BCUT2D eigenvalue weighted by Crippen LogP contribution is 2.58. The number of rotatable bonds is 6. The summed E-state index contributed by atoms with van der Waals surface area (Å²) in [5.41, 5.74) is 0. The van der Waals surface area contributed by atoms with Crippen LogP contribution in [0.2, 0.25) is 0 Å². The van der Waals surface area contributed by atoms with Gasteiger partial charge < -0.3 is 10.2 Å². The molecule has 0 aromatic carbocycles. The van der Waals surface area contributed by atoms with Gasteiger partial charge in [0.1, 0.15) is 0 Å². The first-order valence-corrected chi connectivity index (χ1v) is 4.40. The summed E-state index contributed by atoms with van der Waals surface area (Å²) in [6, 6.07) is -6.46. The van der Waals surface area contributed by atoms with E-state index >= 15 is 0 Å². The monoisotopic (exact) mass is 348 g/mol. The molecule has 0 aliphatic heterocycles. The Bertz CT molecular complexity index is 384. The van der Waals surface area contributed by atoms with Gasteiger partial charge in [0.05, 0.1) is 0 Å². The third-order valence-electron chi connectivity index (χ3n) is 2.21. The van der Waals surface area contributed by atoms with Crippen molar-refractivity contribution >= 4 is 0 Å². The van der Waals surface area contributed by atoms with Crippen LogP contribution in [-0.2, 0) is 0 Å². The molecule has 0 saturated heterocycles. The molecule has 0 aromatic rings. The average Bonchev–Trinajstić information content (AvgIpc) is 2.26. The van der Waals surface area contributed by atoms with Crippen LogP contribution in [0.5, 0.6) is 0 Å². The van der Waals surface area contributed by atoms with Crippen molar-refractivity contribution in [3.8, 4) is 0 Å². The van der Waals surface area contributed by atoms with E-state index < -0.39 is 42.3 Å². The molecule has 0 aliphatic rings. The molecular formula is C7H4F12O2. The molecule has 14 heteroatoms. The lowest BCUT2D eigenvalue weighted by Crippen LogP contribution is -2.71. The van der Waals surface area contributed by atoms with Crippen LogP contribution in [0.1, 0.15) is 0 Å². The first kappa shape index (κ1) is 20.1. The molecule has 0 rings (SSSR count). The highest BCUT2D eigenvalue weighted by atomic mass is 19.4. The SMILES string of the molecule is OC(O)(F)C(F)(F)C(F)(F)C(F)(F)C(F)(F)C(F)(F)CF. The molecule has 0 atom stereocenters. The van der Waals surface area contributed by atoms with Crippen molar-refractivity contribution in [2.24, 2.45) is 0 Å². The molecule has 0 saturated carbocycles. The smallest absolute Gasteiger partial charge is 0.335 e. The quantitative estimate of drug-likeness (QED) is 0.573. The van der Waals surface area contributed by atoms with Gasteiger partial charge >= 0.3 is 35.7 Å². The fourth-order valence-corrected chi connectivity index (χ4v) is 0.908. The minimum Gasteiger partial charge on any atom is -0.335 e. The lowest BCUT2D eigenvalue weighted by molar-refractivity contribution is -0.466. The summed E-state index contributed by atoms with van der Waals surface area (Å²) in [5, 5.41) is 15.2. The van der Waals surface area contributed by atoms with Gasteiger partial charge in [0.2, 0.25) is 0 Å². The molecule has 0 bridgehead atoms. The molecule has 0 spiro atoms. The van der Waals surface area contributed by atoms with Crippen molar-refractivity contribution in [3.05, 3.63) is 0 Å². The molecule has 0 amide bonds. The number of hydrogen-bond acceptors (Lipinski definition) is 2. The van der Waals surface area contributed by atoms with Crippen LogP contribution in [0, 0.1) is 0 Å². The second-order valence-corrected chi connectivity index (χ2v) is 3.72. The van der Waals surface area contributed by atoms with Gasteiger partial charge in [0.25, 0.3) is 0 Å². The first-order chi connectivity index (χ1) is 8.81. The Balaban J connectivity index is 6.14. The highest BCUT2D eigenvalue weighted by molar-refractivity contribution is 5.09. The zero-order chi connectivity index (χ0) is 17.7. The van der Waals surface area contributed by atoms with E-state index in [9.17, 15) is 52.7 Å². The van der Waals surface area contributed by atoms with E-state index in [1.807, 2.05) is 0 Å². The predicted octanol–water partition coefficient (Wildman–Crippen LogP) is 2.74. The summed E-state index contributed by atoms with van der Waals surface area (Å²) in [6.45, 7) is -3.64. The molecule has 0 unspecified atom stereocenters. The lowest BCUT2D eigenvalue weighted by atomic mass is 9.94. The van der Waals surface area contributed by atoms with Crippen LogP contribution >= 0.6 is 0 Å². The molecule has 2 nitrogen and oxygen atoms in total. The van der Waals surface area contributed by atoms with Crippen molar-refractivity contribution < 1.29 is 62.9 Å². The van der Waals surface area contributed by atoms with Gasteiger partial charge in [-0.1, -0.05) is 0 Å². The highest BCUT2D eigenvalue weighted by Gasteiger charge is 2.89. The van der Waals surface area contributed by atoms with Crippen LogP contribution in [-0.4, -0.2) is 52.5 Å². The van der Waals surface area contributed by atoms with Crippen molar-refractivity contribution in [2.45, 2.75) is 35.7 Å². The minimum atomic E-state index is -7.75. The fourth-order valence-electron chi connectivity index (χ4n) is 0.908. The maximum Gasteiger partial charge on any atom is 0.400 e. The molecule has 0 aliphatic carbocycles. The van der Waals surface area contributed by atoms with E-state index in [1.165, 1.54) is 0 Å². The number of aliphatic hydroxyl groups is 2. The van der Waals surface area contributed by atoms with Gasteiger partial charge in [-0.2, -0.15) is 48.3 Å². The summed E-state index contributed by atoms with van der Waals surface area (Å²) in [6.07, 6.45) is 0. The Morgan fingerprint density at radius 2 is 0.810 bits per heavy atom. The molecule has 128 valence electrons. The summed E-state index contributed by atoms with van der Waals surface area (Å²) in [7, 11) is 0. The standard InChI is InChI=1S/C7H4F12O2/c8-1-2(9,10)3(11,12)4(13,14)5(15,16)6(17,18)7(19,20)21/h20-21H,1H2. The van der Waals surface area contributed by atoms with E-state index in [2.05, 4.69) is 0 Å². The maximum atomic E-state index is 12.7. The van der Waals surface area contributed by atoms with Crippen LogP contribution in [0.15, 0.2) is 0 Å². The third kappa shape index (κ3) is 2.51. The summed E-state index contributed by atoms with van der Waals surface area (Å²) in [4.78, 5) is 0. The first-order valence-electron chi connectivity index (χ1n) is 4.40. The maximum absolute atomic E-state index is 12.7. The number of hydrogen-bond donors (Lipinski definition) is 2. The Labute approximate surface area is 107 Å². The Morgan fingerprint density at radius 3 is 1.05 bits per heavy atom. The fraction of sp³-hybridized carbons (Fsp3) is 1.00. The zero-order valence-corrected chi connectivity index (χ0v) is 9.14. The normalized spacial score (nSPS) is 16.3. The predicted molar refractivity (Wildman–Crippen MR) is 39.0 cm³/mol. The van der Waals surface area contributed by atoms with Crippen LogP contribution in [0.3, 0.4) is 0 Å². The van der Waals surface area contributed by atoms with E-state index in [4.69, 9.17) is 10.2 Å². The Hall–Kier alpha value is -0.920. The van der Waals surface area contributed by atoms with Crippen LogP contribution in [0.25, 0.3) is 0 Å². The molecule has 0 radical (unpaired) electrons. The molecule has 0 fully saturated rings. The van der Waals surface area contributed by atoms with Crippen molar-refractivity contribution in [3.63, 3.8) is 0 Å². The van der Waals surface area contributed by atoms with Gasteiger partial charge in [-0.3, -0.25) is 0 Å². The Morgan fingerprint density at radius 1 is 0.524 bits per heavy atom. The summed E-state index contributed by atoms with van der Waals surface area (Å²) >= 11 is 0. The summed E-state index contributed by atoms with van der Waals surface area (Å²) in [5.74, 6) is -36.7. The topological polar surface area (TPSA) is 40.5 Å². The number of alkyl halides is 12. The van der Waals surface area contributed by atoms with Crippen molar-refractivity contribution in [1.82, 2.24) is 0 Å². The molecule has 0 aromatic heterocycles. The lowest BCUT2D eigenvalue weighted by Gasteiger charge is -2.39. The van der Waals surface area contributed by atoms with Gasteiger partial charge in [0, 0.05) is 0 Å². The minimum absolute atomic E-state index is 3.64. The number of halogens is 12. The van der Waals surface area contributed by atoms with E-state index in [0.29, 0.717) is 0 Å². The van der Waals surface area contributed by atoms with E-state index in [1.54, 1.807) is 0 Å². The van der Waals surface area contributed by atoms with Crippen molar-refractivity contribution in [2.75, 3.05) is 6.67 Å². The van der Waals surface area contributed by atoms with Crippen LogP contribution < -0.4 is 0 Å². The largest absolute Gasteiger partial charge is 0.400 e. The summed E-state index contributed by atoms with van der Waals surface area (Å²) < 4.78 is 149. The van der Waals surface area contributed by atoms with Gasteiger partial charge in [-0.05, 0) is 0 Å². The average molecular weight is 348 g/mol. The molecule has 2 N–H and O–H groups in total. The van der Waals surface area contributed by atoms with Crippen molar-refractivity contribution in [1.29, 1.82) is 0 Å². The van der Waals surface area contributed by atoms with Crippen LogP contribution in [0.4, 0.5) is 52.7 Å². The molecule has 0 heterocycles. The van der Waals surface area contributed by atoms with Gasteiger partial charge in [-0.25, -0.2) is 4.39 Å². The zero-order valence-electron chi connectivity index (χ0n) is 9.14. The van der Waals surface area contributed by atoms with E-state index in [-0.39, 0.29) is 0 Å². The Kier molecular flexibility index (Phi) is 4.58. The van der Waals surface area contributed by atoms with Gasteiger partial charge in [0.15, 0.2) is 6.67 Å². The second kappa shape index (κ2) is 4.79. The van der Waals surface area contributed by atoms with E-state index in [0.717, 1.165) is 0 Å². The second-order valence-electron chi connectivity index (χ2n) is 3.72.